The number of hydrogen-bond acceptors (Lipinski definition) is 2. The average Bonchev–Trinajstić information content (AvgIpc) is 2.72. The summed E-state index contributed by atoms with van der Waals surface area (Å²) in [5.41, 5.74) is 6.97. The van der Waals surface area contributed by atoms with Gasteiger partial charge in [-0.1, -0.05) is 79.6 Å². The Bertz CT molecular complexity index is 743. The van der Waals surface area contributed by atoms with Crippen LogP contribution < -0.4 is 5.73 Å². The van der Waals surface area contributed by atoms with Crippen LogP contribution in [0.15, 0.2) is 66.7 Å². The van der Waals surface area contributed by atoms with Crippen molar-refractivity contribution in [3.8, 4) is 0 Å². The highest BCUT2D eigenvalue weighted by Gasteiger charge is 2.48. The number of hydrogen-bond donors (Lipinski definition) is 1. The monoisotopic (exact) mass is 382 g/mol. The van der Waals surface area contributed by atoms with E-state index >= 15 is 0 Å². The van der Waals surface area contributed by atoms with Gasteiger partial charge in [-0.15, -0.1) is 23.5 Å². The zero-order valence-electron chi connectivity index (χ0n) is 15.3. The van der Waals surface area contributed by atoms with Crippen LogP contribution in [0.3, 0.4) is 0 Å². The van der Waals surface area contributed by atoms with Gasteiger partial charge in [-0.05, 0) is 29.9 Å². The molecule has 0 amide bonds. The third-order valence-electron chi connectivity index (χ3n) is 5.64. The van der Waals surface area contributed by atoms with Crippen molar-refractivity contribution < 1.29 is 5.73 Å². The molecule has 1 aliphatic heterocycles. The van der Waals surface area contributed by atoms with E-state index in [0.29, 0.717) is 15.9 Å². The highest BCUT2D eigenvalue weighted by atomic mass is 32.2. The Balaban J connectivity index is 1.79. The standard InChI is InChI=1S/C23H27NS2/c24-15-16-25-23-14-8-7-13-21(23)20(18-9-3-1-4-10-18)17-22(26-23)19-11-5-2-6-12-19/h1-6,9-12,17,20-21H,7-8,13-16,24H2/p+1/t20-,21+,23+/m1/s1. The number of thioether (sulfide) groups is 2. The zero-order valence-corrected chi connectivity index (χ0v) is 16.9. The first-order chi connectivity index (χ1) is 12.8. The predicted octanol–water partition coefficient (Wildman–Crippen LogP) is 5.42. The summed E-state index contributed by atoms with van der Waals surface area (Å²) in [6.45, 7) is 1.01. The van der Waals surface area contributed by atoms with Crippen molar-refractivity contribution in [1.82, 2.24) is 0 Å². The normalized spacial score (nSPS) is 28.3. The quantitative estimate of drug-likeness (QED) is 0.748. The summed E-state index contributed by atoms with van der Waals surface area (Å²) < 4.78 is 0.302. The highest BCUT2D eigenvalue weighted by molar-refractivity contribution is 8.22. The van der Waals surface area contributed by atoms with Gasteiger partial charge in [0.15, 0.2) is 0 Å². The summed E-state index contributed by atoms with van der Waals surface area (Å²) in [5, 5.41) is 0. The van der Waals surface area contributed by atoms with E-state index < -0.39 is 0 Å². The lowest BCUT2D eigenvalue weighted by Crippen LogP contribution is -2.52. The van der Waals surface area contributed by atoms with Crippen molar-refractivity contribution in [2.75, 3.05) is 12.3 Å². The molecule has 1 nitrogen and oxygen atoms in total. The van der Waals surface area contributed by atoms with Crippen LogP contribution in [-0.2, 0) is 0 Å². The highest BCUT2D eigenvalue weighted by Crippen LogP contribution is 2.63. The number of quaternary nitrogens is 1. The smallest absolute Gasteiger partial charge is 0.0832 e. The molecule has 0 bridgehead atoms. The van der Waals surface area contributed by atoms with Crippen LogP contribution in [-0.4, -0.2) is 16.4 Å². The SMILES string of the molecule is [NH3+]CCS[C@]12CCCC[C@H]1[C@@H](c1ccccc1)C=C(c1ccccc1)S2. The van der Waals surface area contributed by atoms with Crippen molar-refractivity contribution in [3.05, 3.63) is 77.9 Å². The largest absolute Gasteiger partial charge is 0.357 e. The van der Waals surface area contributed by atoms with Gasteiger partial charge in [-0.3, -0.25) is 0 Å². The van der Waals surface area contributed by atoms with Gasteiger partial charge in [0.25, 0.3) is 0 Å². The molecule has 2 aromatic carbocycles. The molecule has 0 radical (unpaired) electrons. The molecule has 3 atom stereocenters. The maximum atomic E-state index is 4.11. The summed E-state index contributed by atoms with van der Waals surface area (Å²) in [6.07, 6.45) is 7.96. The molecule has 2 aromatic rings. The number of fused-ring (bicyclic) bond motifs is 1. The Labute approximate surface area is 165 Å². The van der Waals surface area contributed by atoms with Crippen LogP contribution in [0, 0.1) is 5.92 Å². The number of benzene rings is 2. The molecule has 1 aliphatic carbocycles. The maximum Gasteiger partial charge on any atom is 0.0832 e. The Hall–Kier alpha value is -1.16. The zero-order chi connectivity index (χ0) is 17.8. The molecular formula is C23H28NS2+. The van der Waals surface area contributed by atoms with Gasteiger partial charge < -0.3 is 5.73 Å². The van der Waals surface area contributed by atoms with E-state index in [1.165, 1.54) is 41.7 Å². The van der Waals surface area contributed by atoms with Crippen molar-refractivity contribution in [2.45, 2.75) is 35.7 Å². The van der Waals surface area contributed by atoms with Crippen LogP contribution in [0.1, 0.15) is 42.7 Å². The van der Waals surface area contributed by atoms with Crippen LogP contribution in [0.4, 0.5) is 0 Å². The van der Waals surface area contributed by atoms with Crippen LogP contribution in [0.5, 0.6) is 0 Å². The van der Waals surface area contributed by atoms with Gasteiger partial charge in [-0.2, -0.15) is 0 Å². The third-order valence-corrected chi connectivity index (χ3v) is 9.17. The maximum absolute atomic E-state index is 4.11. The van der Waals surface area contributed by atoms with E-state index in [9.17, 15) is 0 Å². The minimum absolute atomic E-state index is 0.302. The van der Waals surface area contributed by atoms with Crippen molar-refractivity contribution in [2.24, 2.45) is 5.92 Å². The van der Waals surface area contributed by atoms with E-state index in [2.05, 4.69) is 96.0 Å². The minimum Gasteiger partial charge on any atom is -0.357 e. The topological polar surface area (TPSA) is 27.6 Å². The molecule has 4 rings (SSSR count). The summed E-state index contributed by atoms with van der Waals surface area (Å²) in [5.74, 6) is 2.39. The van der Waals surface area contributed by atoms with E-state index in [1.807, 2.05) is 0 Å². The fourth-order valence-electron chi connectivity index (χ4n) is 4.44. The molecule has 0 spiro atoms. The average molecular weight is 383 g/mol. The molecule has 26 heavy (non-hydrogen) atoms. The first-order valence-corrected chi connectivity index (χ1v) is 11.6. The molecule has 0 saturated heterocycles. The Kier molecular flexibility index (Phi) is 5.78. The molecule has 0 unspecified atom stereocenters. The molecule has 2 aliphatic rings. The molecule has 1 saturated carbocycles. The minimum atomic E-state index is 0.302. The van der Waals surface area contributed by atoms with Gasteiger partial charge in [-0.25, -0.2) is 0 Å². The lowest BCUT2D eigenvalue weighted by atomic mass is 9.75. The summed E-state index contributed by atoms with van der Waals surface area (Å²) in [6, 6.07) is 22.1. The fraction of sp³-hybridized carbons (Fsp3) is 0.391. The first-order valence-electron chi connectivity index (χ1n) is 9.77. The molecule has 3 heteroatoms. The lowest BCUT2D eigenvalue weighted by molar-refractivity contribution is -0.360. The van der Waals surface area contributed by atoms with Crippen molar-refractivity contribution in [3.63, 3.8) is 0 Å². The van der Waals surface area contributed by atoms with Crippen molar-refractivity contribution in [1.29, 1.82) is 0 Å². The van der Waals surface area contributed by atoms with E-state index in [0.717, 1.165) is 12.3 Å². The molecular weight excluding hydrogens is 354 g/mol. The molecule has 1 fully saturated rings. The van der Waals surface area contributed by atoms with Crippen LogP contribution >= 0.6 is 23.5 Å². The fourth-order valence-corrected chi connectivity index (χ4v) is 7.95. The van der Waals surface area contributed by atoms with Gasteiger partial charge >= 0.3 is 0 Å². The van der Waals surface area contributed by atoms with Crippen LogP contribution in [0.2, 0.25) is 0 Å². The molecule has 0 aromatic heterocycles. The Morgan fingerprint density at radius 1 is 1.00 bits per heavy atom. The second-order valence-electron chi connectivity index (χ2n) is 7.30. The molecule has 1 heterocycles. The van der Waals surface area contributed by atoms with Gasteiger partial charge in [0.05, 0.1) is 10.6 Å². The number of rotatable bonds is 5. The second kappa shape index (κ2) is 8.24. The second-order valence-corrected chi connectivity index (χ2v) is 10.4. The summed E-state index contributed by atoms with van der Waals surface area (Å²) in [4.78, 5) is 1.47. The van der Waals surface area contributed by atoms with E-state index in [-0.39, 0.29) is 0 Å². The lowest BCUT2D eigenvalue weighted by Gasteiger charge is -2.49. The molecule has 136 valence electrons. The van der Waals surface area contributed by atoms with E-state index in [1.54, 1.807) is 0 Å². The van der Waals surface area contributed by atoms with E-state index in [4.69, 9.17) is 0 Å². The van der Waals surface area contributed by atoms with Gasteiger partial charge in [0.1, 0.15) is 0 Å². The number of allylic oxidation sites excluding steroid dienone is 1. The first kappa shape index (κ1) is 18.2. The summed E-state index contributed by atoms with van der Waals surface area (Å²) in [7, 11) is 0. The van der Waals surface area contributed by atoms with Crippen molar-refractivity contribution >= 4 is 28.4 Å². The Morgan fingerprint density at radius 3 is 2.46 bits per heavy atom. The van der Waals surface area contributed by atoms with Gasteiger partial charge in [0, 0.05) is 16.6 Å². The van der Waals surface area contributed by atoms with Crippen LogP contribution in [0.25, 0.3) is 4.91 Å². The summed E-state index contributed by atoms with van der Waals surface area (Å²) >= 11 is 4.34. The Morgan fingerprint density at radius 2 is 1.73 bits per heavy atom. The van der Waals surface area contributed by atoms with Gasteiger partial charge in [0.2, 0.25) is 0 Å². The third kappa shape index (κ3) is 3.62. The predicted molar refractivity (Wildman–Crippen MR) is 116 cm³/mol. The molecule has 3 N–H and O–H groups in total.